The van der Waals surface area contributed by atoms with E-state index in [4.69, 9.17) is 0 Å². The van der Waals surface area contributed by atoms with Crippen LogP contribution in [0.1, 0.15) is 107 Å². The van der Waals surface area contributed by atoms with Crippen LogP contribution in [0.25, 0.3) is 22.3 Å². The fourth-order valence-corrected chi connectivity index (χ4v) is 7.68. The highest BCUT2D eigenvalue weighted by atomic mass is 19.2. The normalized spacial score (nSPS) is 22.7. The van der Waals surface area contributed by atoms with Gasteiger partial charge in [-0.3, -0.25) is 0 Å². The maximum atomic E-state index is 15.4. The standard InChI is InChI=1S/C39H47F3/c1-3-5-7-8-27-10-12-28(13-11-27)29-14-18-31(19-15-29)35-24-23-34(26-37(35)40)30-16-20-32(21-17-30)36-25-22-33(9-6-4-2)38(41)39(36)42/h4,16-17,20-29,31H,2-3,5-15,18-19H2,1H3. The highest BCUT2D eigenvalue weighted by molar-refractivity contribution is 5.71. The second kappa shape index (κ2) is 14.6. The number of hydrogen-bond donors (Lipinski definition) is 0. The van der Waals surface area contributed by atoms with Gasteiger partial charge in [0, 0.05) is 5.56 Å². The Bertz CT molecular complexity index is 1310. The van der Waals surface area contributed by atoms with Crippen LogP contribution in [-0.2, 0) is 6.42 Å². The molecule has 2 saturated carbocycles. The summed E-state index contributed by atoms with van der Waals surface area (Å²) in [4.78, 5) is 0. The van der Waals surface area contributed by atoms with E-state index in [1.54, 1.807) is 36.4 Å². The van der Waals surface area contributed by atoms with Crippen molar-refractivity contribution in [3.8, 4) is 22.3 Å². The first-order chi connectivity index (χ1) is 20.5. The van der Waals surface area contributed by atoms with E-state index in [9.17, 15) is 8.78 Å². The number of unbranched alkanes of at least 4 members (excludes halogenated alkanes) is 2. The Morgan fingerprint density at radius 1 is 0.714 bits per heavy atom. The van der Waals surface area contributed by atoms with Gasteiger partial charge in [0.05, 0.1) is 0 Å². The topological polar surface area (TPSA) is 0 Å². The number of rotatable bonds is 11. The van der Waals surface area contributed by atoms with Gasteiger partial charge in [-0.2, -0.15) is 0 Å². The van der Waals surface area contributed by atoms with Crippen LogP contribution in [0.3, 0.4) is 0 Å². The van der Waals surface area contributed by atoms with Crippen molar-refractivity contribution in [1.29, 1.82) is 0 Å². The Balaban J connectivity index is 1.17. The summed E-state index contributed by atoms with van der Waals surface area (Å²) in [5.41, 5.74) is 3.71. The minimum Gasteiger partial charge on any atom is -0.207 e. The van der Waals surface area contributed by atoms with E-state index in [-0.39, 0.29) is 11.4 Å². The first-order valence-electron chi connectivity index (χ1n) is 16.5. The molecule has 0 nitrogen and oxygen atoms in total. The average molecular weight is 573 g/mol. The molecule has 0 N–H and O–H groups in total. The van der Waals surface area contributed by atoms with Crippen LogP contribution in [-0.4, -0.2) is 0 Å². The Morgan fingerprint density at radius 2 is 1.36 bits per heavy atom. The van der Waals surface area contributed by atoms with Crippen molar-refractivity contribution in [2.45, 2.75) is 103 Å². The molecule has 0 heterocycles. The lowest BCUT2D eigenvalue weighted by molar-refractivity contribution is 0.155. The molecule has 0 aliphatic heterocycles. The number of hydrogen-bond acceptors (Lipinski definition) is 0. The zero-order valence-corrected chi connectivity index (χ0v) is 25.3. The lowest BCUT2D eigenvalue weighted by Gasteiger charge is -2.38. The van der Waals surface area contributed by atoms with E-state index in [2.05, 4.69) is 13.5 Å². The van der Waals surface area contributed by atoms with Gasteiger partial charge >= 0.3 is 0 Å². The summed E-state index contributed by atoms with van der Waals surface area (Å²) < 4.78 is 44.8. The van der Waals surface area contributed by atoms with Crippen LogP contribution in [0.15, 0.2) is 67.3 Å². The van der Waals surface area contributed by atoms with Gasteiger partial charge in [0.15, 0.2) is 11.6 Å². The SMILES string of the molecule is C=CCCc1ccc(-c2ccc(-c3ccc(C4CCC(C5CCC(CCCCC)CC5)CC4)c(F)c3)cc2)c(F)c1F. The summed E-state index contributed by atoms with van der Waals surface area (Å²) in [5, 5.41) is 0. The number of allylic oxidation sites excluding steroid dienone is 1. The summed E-state index contributed by atoms with van der Waals surface area (Å²) in [7, 11) is 0. The van der Waals surface area contributed by atoms with Gasteiger partial charge in [0.1, 0.15) is 5.82 Å². The molecule has 3 aromatic carbocycles. The van der Waals surface area contributed by atoms with Gasteiger partial charge in [0.25, 0.3) is 0 Å². The molecule has 5 rings (SSSR count). The highest BCUT2D eigenvalue weighted by Gasteiger charge is 2.32. The van der Waals surface area contributed by atoms with Crippen molar-refractivity contribution in [1.82, 2.24) is 0 Å². The third-order valence-corrected chi connectivity index (χ3v) is 10.3. The van der Waals surface area contributed by atoms with Crippen LogP contribution in [0, 0.1) is 35.2 Å². The van der Waals surface area contributed by atoms with Crippen LogP contribution in [0.2, 0.25) is 0 Å². The van der Waals surface area contributed by atoms with E-state index >= 15 is 4.39 Å². The third kappa shape index (κ3) is 7.21. The van der Waals surface area contributed by atoms with Gasteiger partial charge in [-0.05, 0) is 109 Å². The molecule has 0 unspecified atom stereocenters. The summed E-state index contributed by atoms with van der Waals surface area (Å²) in [6.45, 7) is 5.93. The Morgan fingerprint density at radius 3 is 2.00 bits per heavy atom. The molecule has 42 heavy (non-hydrogen) atoms. The summed E-state index contributed by atoms with van der Waals surface area (Å²) >= 11 is 0. The van der Waals surface area contributed by atoms with Crippen molar-refractivity contribution in [2.24, 2.45) is 17.8 Å². The minimum absolute atomic E-state index is 0.129. The second-order valence-corrected chi connectivity index (χ2v) is 12.9. The fraction of sp³-hybridized carbons (Fsp3) is 0.487. The van der Waals surface area contributed by atoms with Crippen molar-refractivity contribution in [3.05, 3.63) is 95.8 Å². The number of halogens is 3. The second-order valence-electron chi connectivity index (χ2n) is 12.9. The van der Waals surface area contributed by atoms with Gasteiger partial charge in [-0.15, -0.1) is 6.58 Å². The molecule has 3 aromatic rings. The van der Waals surface area contributed by atoms with Crippen LogP contribution in [0.5, 0.6) is 0 Å². The van der Waals surface area contributed by atoms with E-state index in [1.807, 2.05) is 24.3 Å². The lowest BCUT2D eigenvalue weighted by atomic mass is 9.68. The molecule has 0 saturated heterocycles. The quantitative estimate of drug-likeness (QED) is 0.158. The molecule has 2 aliphatic carbocycles. The zero-order valence-electron chi connectivity index (χ0n) is 25.3. The van der Waals surface area contributed by atoms with Crippen LogP contribution < -0.4 is 0 Å². The van der Waals surface area contributed by atoms with Crippen LogP contribution in [0.4, 0.5) is 13.2 Å². The molecule has 0 spiro atoms. The Hall–Kier alpha value is -2.81. The largest absolute Gasteiger partial charge is 0.207 e. The van der Waals surface area contributed by atoms with Crippen molar-refractivity contribution >= 4 is 0 Å². The molecule has 3 heteroatoms. The predicted octanol–water partition coefficient (Wildman–Crippen LogP) is 12.2. The summed E-state index contributed by atoms with van der Waals surface area (Å²) in [6, 6.07) is 16.2. The van der Waals surface area contributed by atoms with Crippen molar-refractivity contribution in [2.75, 3.05) is 0 Å². The van der Waals surface area contributed by atoms with Crippen LogP contribution >= 0.6 is 0 Å². The molecular formula is C39H47F3. The molecule has 0 radical (unpaired) electrons. The highest BCUT2D eigenvalue weighted by Crippen LogP contribution is 2.45. The van der Waals surface area contributed by atoms with Crippen molar-refractivity contribution < 1.29 is 13.2 Å². The van der Waals surface area contributed by atoms with Crippen molar-refractivity contribution in [3.63, 3.8) is 0 Å². The Kier molecular flexibility index (Phi) is 10.6. The minimum atomic E-state index is -0.829. The van der Waals surface area contributed by atoms with E-state index < -0.39 is 11.6 Å². The fourth-order valence-electron chi connectivity index (χ4n) is 7.68. The molecule has 2 fully saturated rings. The number of benzene rings is 3. The molecule has 0 aromatic heterocycles. The molecule has 0 atom stereocenters. The third-order valence-electron chi connectivity index (χ3n) is 10.3. The maximum absolute atomic E-state index is 15.4. The van der Waals surface area contributed by atoms with Gasteiger partial charge in [-0.25, -0.2) is 13.2 Å². The first-order valence-corrected chi connectivity index (χ1v) is 16.5. The molecule has 224 valence electrons. The molecule has 0 bridgehead atoms. The van der Waals surface area contributed by atoms with Gasteiger partial charge in [-0.1, -0.05) is 100 Å². The summed E-state index contributed by atoms with van der Waals surface area (Å²) in [6.07, 6.45) is 18.5. The monoisotopic (exact) mass is 572 g/mol. The molecule has 2 aliphatic rings. The smallest absolute Gasteiger partial charge is 0.166 e. The Labute approximate surface area is 251 Å². The van der Waals surface area contributed by atoms with Gasteiger partial charge < -0.3 is 0 Å². The zero-order chi connectivity index (χ0) is 29.5. The van der Waals surface area contributed by atoms with E-state index in [0.717, 1.165) is 47.3 Å². The summed E-state index contributed by atoms with van der Waals surface area (Å²) in [5.74, 6) is 1.20. The van der Waals surface area contributed by atoms with Gasteiger partial charge in [0.2, 0.25) is 0 Å². The average Bonchev–Trinajstić information content (AvgIpc) is 3.02. The molecule has 0 amide bonds. The first kappa shape index (κ1) is 30.6. The number of aryl methyl sites for hydroxylation is 1. The predicted molar refractivity (Wildman–Crippen MR) is 170 cm³/mol. The lowest BCUT2D eigenvalue weighted by Crippen LogP contribution is -2.25. The van der Waals surface area contributed by atoms with E-state index in [1.165, 1.54) is 64.2 Å². The maximum Gasteiger partial charge on any atom is 0.166 e. The molecular weight excluding hydrogens is 525 g/mol. The van der Waals surface area contributed by atoms with E-state index in [0.29, 0.717) is 29.9 Å².